The number of nitrogens with one attached hydrogen (secondary N) is 1. The molecule has 2 rings (SSSR count). The van der Waals surface area contributed by atoms with Crippen LogP contribution in [-0.4, -0.2) is 30.4 Å². The molecule has 0 spiro atoms. The van der Waals surface area contributed by atoms with Crippen molar-refractivity contribution in [3.8, 4) is 0 Å². The van der Waals surface area contributed by atoms with Crippen molar-refractivity contribution in [1.82, 2.24) is 10.2 Å². The van der Waals surface area contributed by atoms with Crippen LogP contribution < -0.4 is 5.32 Å². The summed E-state index contributed by atoms with van der Waals surface area (Å²) >= 11 is 12.1. The van der Waals surface area contributed by atoms with Crippen LogP contribution in [0.25, 0.3) is 0 Å². The van der Waals surface area contributed by atoms with Crippen LogP contribution in [0.5, 0.6) is 0 Å². The van der Waals surface area contributed by atoms with Crippen LogP contribution in [0, 0.1) is 0 Å². The zero-order valence-corrected chi connectivity index (χ0v) is 12.6. The molecule has 1 aliphatic heterocycles. The Morgan fingerprint density at radius 1 is 1.47 bits per heavy atom. The molecule has 3 nitrogen and oxygen atoms in total. The molecule has 1 N–H and O–H groups in total. The first-order valence-corrected chi connectivity index (χ1v) is 7.21. The molecule has 1 unspecified atom stereocenters. The third-order valence-electron chi connectivity index (χ3n) is 3.70. The average molecular weight is 301 g/mol. The number of benzene rings is 1. The second-order valence-electron chi connectivity index (χ2n) is 4.94. The van der Waals surface area contributed by atoms with Crippen molar-refractivity contribution in [2.45, 2.75) is 31.8 Å². The monoisotopic (exact) mass is 300 g/mol. The number of halogens is 2. The van der Waals surface area contributed by atoms with Crippen LogP contribution in [0.1, 0.15) is 31.4 Å². The lowest BCUT2D eigenvalue weighted by Gasteiger charge is -2.28. The molecule has 1 heterocycles. The molecule has 5 heteroatoms. The Kier molecular flexibility index (Phi) is 4.71. The fraction of sp³-hybridized carbons (Fsp3) is 0.500. The van der Waals surface area contributed by atoms with Gasteiger partial charge in [0.25, 0.3) is 0 Å². The van der Waals surface area contributed by atoms with Crippen LogP contribution >= 0.6 is 23.2 Å². The van der Waals surface area contributed by atoms with Gasteiger partial charge >= 0.3 is 0 Å². The van der Waals surface area contributed by atoms with Crippen molar-refractivity contribution in [2.24, 2.45) is 0 Å². The molecule has 1 saturated heterocycles. The number of amides is 1. The van der Waals surface area contributed by atoms with E-state index in [2.05, 4.69) is 5.32 Å². The van der Waals surface area contributed by atoms with E-state index in [0.29, 0.717) is 10.0 Å². The molecule has 1 aromatic rings. The summed E-state index contributed by atoms with van der Waals surface area (Å²) in [6.07, 6.45) is 1.96. The summed E-state index contributed by atoms with van der Waals surface area (Å²) in [5.74, 6) is 0.121. The molecule has 1 amide bonds. The largest absolute Gasteiger partial charge is 0.338 e. The minimum Gasteiger partial charge on any atom is -0.338 e. The molecule has 19 heavy (non-hydrogen) atoms. The van der Waals surface area contributed by atoms with Gasteiger partial charge in [0.1, 0.15) is 0 Å². The number of hydrogen-bond acceptors (Lipinski definition) is 2. The summed E-state index contributed by atoms with van der Waals surface area (Å²) in [4.78, 5) is 14.1. The van der Waals surface area contributed by atoms with E-state index in [9.17, 15) is 4.79 Å². The maximum atomic E-state index is 12.3. The molecule has 0 bridgehead atoms. The van der Waals surface area contributed by atoms with E-state index in [-0.39, 0.29) is 18.0 Å². The Hall–Kier alpha value is -0.770. The molecule has 2 atom stereocenters. The van der Waals surface area contributed by atoms with Crippen LogP contribution in [0.15, 0.2) is 18.2 Å². The molecular formula is C14H18Cl2N2O. The lowest BCUT2D eigenvalue weighted by molar-refractivity contribution is -0.133. The predicted molar refractivity (Wildman–Crippen MR) is 78.7 cm³/mol. The summed E-state index contributed by atoms with van der Waals surface area (Å²) in [5.41, 5.74) is 0.917. The van der Waals surface area contributed by atoms with E-state index < -0.39 is 0 Å². The SMILES string of the molecule is CC(c1ccc(Cl)cc1Cl)N(C)C(=O)[C@H]1CCCN1. The van der Waals surface area contributed by atoms with E-state index in [1.54, 1.807) is 17.0 Å². The van der Waals surface area contributed by atoms with E-state index in [1.165, 1.54) is 0 Å². The Morgan fingerprint density at radius 3 is 2.79 bits per heavy atom. The number of nitrogens with zero attached hydrogens (tertiary/aromatic N) is 1. The molecule has 104 valence electrons. The normalized spacial score (nSPS) is 20.3. The minimum atomic E-state index is -0.0698. The Labute approximate surface area is 123 Å². The number of likely N-dealkylation sites (N-methyl/N-ethyl adjacent to an activating group) is 1. The highest BCUT2D eigenvalue weighted by Crippen LogP contribution is 2.29. The molecule has 1 aromatic carbocycles. The maximum Gasteiger partial charge on any atom is 0.239 e. The highest BCUT2D eigenvalue weighted by atomic mass is 35.5. The summed E-state index contributed by atoms with van der Waals surface area (Å²) < 4.78 is 0. The molecule has 0 saturated carbocycles. The van der Waals surface area contributed by atoms with Crippen LogP contribution in [-0.2, 0) is 4.79 Å². The third kappa shape index (κ3) is 3.22. The standard InChI is InChI=1S/C14H18Cl2N2O/c1-9(11-6-5-10(15)8-12(11)16)18(2)14(19)13-4-3-7-17-13/h5-6,8-9,13,17H,3-4,7H2,1-2H3/t9?,13-/m1/s1. The minimum absolute atomic E-state index is 0.0569. The second kappa shape index (κ2) is 6.12. The first-order chi connectivity index (χ1) is 9.00. The number of hydrogen-bond donors (Lipinski definition) is 1. The zero-order valence-electron chi connectivity index (χ0n) is 11.1. The highest BCUT2D eigenvalue weighted by molar-refractivity contribution is 6.35. The van der Waals surface area contributed by atoms with Gasteiger partial charge in [-0.3, -0.25) is 4.79 Å². The number of carbonyl (C=O) groups excluding carboxylic acids is 1. The topological polar surface area (TPSA) is 32.3 Å². The first-order valence-electron chi connectivity index (χ1n) is 6.45. The van der Waals surface area contributed by atoms with E-state index in [1.807, 2.05) is 20.0 Å². The van der Waals surface area contributed by atoms with Gasteiger partial charge in [-0.05, 0) is 44.0 Å². The van der Waals surface area contributed by atoms with E-state index in [4.69, 9.17) is 23.2 Å². The van der Waals surface area contributed by atoms with Crippen molar-refractivity contribution >= 4 is 29.1 Å². The van der Waals surface area contributed by atoms with Gasteiger partial charge in [0, 0.05) is 17.1 Å². The number of rotatable bonds is 3. The smallest absolute Gasteiger partial charge is 0.239 e. The maximum absolute atomic E-state index is 12.3. The van der Waals surface area contributed by atoms with E-state index in [0.717, 1.165) is 24.9 Å². The van der Waals surface area contributed by atoms with Crippen molar-refractivity contribution in [1.29, 1.82) is 0 Å². The molecule has 0 aromatic heterocycles. The molecule has 0 radical (unpaired) electrons. The van der Waals surface area contributed by atoms with Crippen molar-refractivity contribution < 1.29 is 4.79 Å². The fourth-order valence-corrected chi connectivity index (χ4v) is 2.95. The third-order valence-corrected chi connectivity index (χ3v) is 4.26. The predicted octanol–water partition coefficient (Wildman–Crippen LogP) is 3.26. The summed E-state index contributed by atoms with van der Waals surface area (Å²) in [6, 6.07) is 5.26. The van der Waals surface area contributed by atoms with Crippen molar-refractivity contribution in [3.05, 3.63) is 33.8 Å². The summed E-state index contributed by atoms with van der Waals surface area (Å²) in [6.45, 7) is 2.89. The first kappa shape index (κ1) is 14.6. The fourth-order valence-electron chi connectivity index (χ4n) is 2.38. The lowest BCUT2D eigenvalue weighted by atomic mass is 10.1. The average Bonchev–Trinajstić information content (AvgIpc) is 2.90. The Morgan fingerprint density at radius 2 is 2.21 bits per heavy atom. The second-order valence-corrected chi connectivity index (χ2v) is 5.78. The van der Waals surface area contributed by atoms with Crippen molar-refractivity contribution in [2.75, 3.05) is 13.6 Å². The Balaban J connectivity index is 2.13. The lowest BCUT2D eigenvalue weighted by Crippen LogP contribution is -2.42. The highest BCUT2D eigenvalue weighted by Gasteiger charge is 2.28. The van der Waals surface area contributed by atoms with Gasteiger partial charge in [-0.15, -0.1) is 0 Å². The van der Waals surface area contributed by atoms with Crippen LogP contribution in [0.3, 0.4) is 0 Å². The number of carbonyl (C=O) groups is 1. The molecule has 1 aliphatic rings. The van der Waals surface area contributed by atoms with Crippen LogP contribution in [0.2, 0.25) is 10.0 Å². The van der Waals surface area contributed by atoms with Gasteiger partial charge in [0.15, 0.2) is 0 Å². The van der Waals surface area contributed by atoms with Crippen molar-refractivity contribution in [3.63, 3.8) is 0 Å². The van der Waals surface area contributed by atoms with Gasteiger partial charge in [0.05, 0.1) is 12.1 Å². The van der Waals surface area contributed by atoms with Gasteiger partial charge in [0.2, 0.25) is 5.91 Å². The van der Waals surface area contributed by atoms with E-state index >= 15 is 0 Å². The summed E-state index contributed by atoms with van der Waals surface area (Å²) in [7, 11) is 1.82. The molecule has 0 aliphatic carbocycles. The summed E-state index contributed by atoms with van der Waals surface area (Å²) in [5, 5.41) is 4.42. The van der Waals surface area contributed by atoms with Gasteiger partial charge in [-0.25, -0.2) is 0 Å². The molecule has 1 fully saturated rings. The zero-order chi connectivity index (χ0) is 14.0. The van der Waals surface area contributed by atoms with Gasteiger partial charge in [-0.2, -0.15) is 0 Å². The quantitative estimate of drug-likeness (QED) is 0.929. The van der Waals surface area contributed by atoms with Crippen LogP contribution in [0.4, 0.5) is 0 Å². The van der Waals surface area contributed by atoms with Gasteiger partial charge in [-0.1, -0.05) is 29.3 Å². The Bertz CT molecular complexity index is 473. The van der Waals surface area contributed by atoms with Gasteiger partial charge < -0.3 is 10.2 Å². The molecular weight excluding hydrogens is 283 g/mol.